The van der Waals surface area contributed by atoms with E-state index >= 15 is 0 Å². The maximum atomic E-state index is 11.2. The maximum Gasteiger partial charge on any atom is 0.335 e. The fraction of sp³-hybridized carbons (Fsp3) is 0.0909. The lowest BCUT2D eigenvalue weighted by Crippen LogP contribution is -2.01. The number of benzene rings is 3. The highest BCUT2D eigenvalue weighted by atomic mass is 16.4. The molecule has 0 amide bonds. The van der Waals surface area contributed by atoms with Crippen LogP contribution in [0.4, 0.5) is 0 Å². The second kappa shape index (κ2) is 7.85. The monoisotopic (exact) mass is 362 g/mol. The van der Waals surface area contributed by atoms with Crippen LogP contribution in [0.25, 0.3) is 22.3 Å². The minimum absolute atomic E-state index is 0.0654. The minimum Gasteiger partial charge on any atom is -0.478 e. The molecule has 3 aromatic rings. The molecule has 3 N–H and O–H groups in total. The van der Waals surface area contributed by atoms with E-state index in [1.807, 2.05) is 24.3 Å². The van der Waals surface area contributed by atoms with Crippen LogP contribution in [0.15, 0.2) is 66.7 Å². The third-order valence-electron chi connectivity index (χ3n) is 4.39. The van der Waals surface area contributed by atoms with E-state index in [1.54, 1.807) is 42.5 Å². The molecule has 3 rings (SSSR count). The van der Waals surface area contributed by atoms with Crippen molar-refractivity contribution in [2.75, 3.05) is 6.61 Å². The van der Waals surface area contributed by atoms with Crippen molar-refractivity contribution in [1.29, 1.82) is 0 Å². The molecule has 5 nitrogen and oxygen atoms in total. The number of aromatic carboxylic acids is 2. The smallest absolute Gasteiger partial charge is 0.335 e. The minimum atomic E-state index is -0.999. The molecule has 0 fully saturated rings. The molecule has 0 bridgehead atoms. The summed E-state index contributed by atoms with van der Waals surface area (Å²) in [6.07, 6.45) is 0.370. The Morgan fingerprint density at radius 2 is 1.15 bits per heavy atom. The van der Waals surface area contributed by atoms with Crippen molar-refractivity contribution in [2.45, 2.75) is 6.42 Å². The quantitative estimate of drug-likeness (QED) is 0.617. The van der Waals surface area contributed by atoms with Gasteiger partial charge < -0.3 is 15.3 Å². The van der Waals surface area contributed by atoms with Crippen LogP contribution >= 0.6 is 0 Å². The van der Waals surface area contributed by atoms with E-state index in [9.17, 15) is 14.7 Å². The third kappa shape index (κ3) is 4.04. The molecule has 3 aromatic carbocycles. The topological polar surface area (TPSA) is 94.8 Å². The van der Waals surface area contributed by atoms with Gasteiger partial charge in [0, 0.05) is 6.61 Å². The van der Waals surface area contributed by atoms with Crippen molar-refractivity contribution in [2.24, 2.45) is 0 Å². The Balaban J connectivity index is 1.93. The van der Waals surface area contributed by atoms with E-state index in [2.05, 4.69) is 0 Å². The summed E-state index contributed by atoms with van der Waals surface area (Å²) in [7, 11) is 0. The van der Waals surface area contributed by atoms with Gasteiger partial charge in [-0.25, -0.2) is 9.59 Å². The van der Waals surface area contributed by atoms with Gasteiger partial charge in [0.05, 0.1) is 11.1 Å². The first kappa shape index (κ1) is 18.4. The first-order valence-electron chi connectivity index (χ1n) is 8.41. The summed E-state index contributed by atoms with van der Waals surface area (Å²) in [6, 6.07) is 19.3. The van der Waals surface area contributed by atoms with Crippen LogP contribution in [0.1, 0.15) is 26.3 Å². The number of carboxylic acids is 2. The van der Waals surface area contributed by atoms with Crippen molar-refractivity contribution >= 4 is 11.9 Å². The van der Waals surface area contributed by atoms with Gasteiger partial charge in [-0.15, -0.1) is 0 Å². The molecule has 27 heavy (non-hydrogen) atoms. The molecule has 0 heterocycles. The molecule has 136 valence electrons. The molecule has 0 radical (unpaired) electrons. The van der Waals surface area contributed by atoms with Crippen molar-refractivity contribution in [3.8, 4) is 22.3 Å². The summed E-state index contributed by atoms with van der Waals surface area (Å²) >= 11 is 0. The van der Waals surface area contributed by atoms with Crippen LogP contribution in [-0.2, 0) is 6.42 Å². The first-order valence-corrected chi connectivity index (χ1v) is 8.41. The van der Waals surface area contributed by atoms with Gasteiger partial charge in [-0.3, -0.25) is 0 Å². The Morgan fingerprint density at radius 1 is 0.667 bits per heavy atom. The Bertz CT molecular complexity index is 973. The number of hydrogen-bond acceptors (Lipinski definition) is 3. The fourth-order valence-electron chi connectivity index (χ4n) is 2.98. The predicted octanol–water partition coefficient (Wildman–Crippen LogP) is 3.95. The zero-order chi connectivity index (χ0) is 19.4. The molecule has 0 unspecified atom stereocenters. The highest BCUT2D eigenvalue weighted by Gasteiger charge is 2.10. The standard InChI is InChI=1S/C22H18O5/c23-12-11-18-13-19(22(26)27)9-10-20(18)16-5-1-14(2-6-16)15-3-7-17(8-4-15)21(24)25/h1-10,13,23H,11-12H2,(H,24,25)(H,26,27). The number of rotatable bonds is 6. The van der Waals surface area contributed by atoms with Crippen LogP contribution in [0.5, 0.6) is 0 Å². The number of carboxylic acid groups (broad SMARTS) is 2. The normalized spacial score (nSPS) is 10.6. The number of aliphatic hydroxyl groups is 1. The molecule has 0 aliphatic rings. The molecular formula is C22H18O5. The fourth-order valence-corrected chi connectivity index (χ4v) is 2.98. The Labute approximate surface area is 156 Å². The van der Waals surface area contributed by atoms with Crippen LogP contribution in [0.3, 0.4) is 0 Å². The van der Waals surface area contributed by atoms with E-state index in [0.717, 1.165) is 27.8 Å². The van der Waals surface area contributed by atoms with Crippen molar-refractivity contribution < 1.29 is 24.9 Å². The van der Waals surface area contributed by atoms with Crippen molar-refractivity contribution in [3.05, 3.63) is 83.4 Å². The number of hydrogen-bond donors (Lipinski definition) is 3. The lowest BCUT2D eigenvalue weighted by Gasteiger charge is -2.11. The third-order valence-corrected chi connectivity index (χ3v) is 4.39. The molecule has 5 heteroatoms. The van der Waals surface area contributed by atoms with Gasteiger partial charge in [-0.2, -0.15) is 0 Å². The lowest BCUT2D eigenvalue weighted by atomic mass is 9.94. The zero-order valence-corrected chi connectivity index (χ0v) is 14.4. The van der Waals surface area contributed by atoms with Crippen LogP contribution in [0.2, 0.25) is 0 Å². The van der Waals surface area contributed by atoms with E-state index in [4.69, 9.17) is 10.2 Å². The molecular weight excluding hydrogens is 344 g/mol. The van der Waals surface area contributed by atoms with Crippen molar-refractivity contribution in [3.63, 3.8) is 0 Å². The molecule has 0 saturated carbocycles. The van der Waals surface area contributed by atoms with Gasteiger partial charge in [0.1, 0.15) is 0 Å². The van der Waals surface area contributed by atoms with E-state index < -0.39 is 11.9 Å². The highest BCUT2D eigenvalue weighted by molar-refractivity contribution is 5.89. The zero-order valence-electron chi connectivity index (χ0n) is 14.4. The largest absolute Gasteiger partial charge is 0.478 e. The molecule has 0 saturated heterocycles. The van der Waals surface area contributed by atoms with Gasteiger partial charge >= 0.3 is 11.9 Å². The molecule has 0 spiro atoms. The average molecular weight is 362 g/mol. The summed E-state index contributed by atoms with van der Waals surface area (Å²) in [5.74, 6) is -1.96. The summed E-state index contributed by atoms with van der Waals surface area (Å²) in [6.45, 7) is -0.0654. The van der Waals surface area contributed by atoms with Gasteiger partial charge in [-0.1, -0.05) is 42.5 Å². The molecule has 0 aliphatic heterocycles. The van der Waals surface area contributed by atoms with E-state index in [-0.39, 0.29) is 17.7 Å². The van der Waals surface area contributed by atoms with Crippen molar-refractivity contribution in [1.82, 2.24) is 0 Å². The Kier molecular flexibility index (Phi) is 5.33. The second-order valence-corrected chi connectivity index (χ2v) is 6.11. The number of aliphatic hydroxyl groups excluding tert-OH is 1. The maximum absolute atomic E-state index is 11.2. The molecule has 0 atom stereocenters. The summed E-state index contributed by atoms with van der Waals surface area (Å²) in [5, 5.41) is 27.4. The SMILES string of the molecule is O=C(O)c1ccc(-c2ccc(-c3ccc(C(=O)O)cc3CCO)cc2)cc1. The van der Waals surface area contributed by atoms with E-state index in [0.29, 0.717) is 6.42 Å². The van der Waals surface area contributed by atoms with Gasteiger partial charge in [-0.05, 0) is 58.5 Å². The van der Waals surface area contributed by atoms with Gasteiger partial charge in [0.2, 0.25) is 0 Å². The van der Waals surface area contributed by atoms with Gasteiger partial charge in [0.15, 0.2) is 0 Å². The molecule has 0 aliphatic carbocycles. The first-order chi connectivity index (χ1) is 13.0. The van der Waals surface area contributed by atoms with E-state index in [1.165, 1.54) is 0 Å². The predicted molar refractivity (Wildman–Crippen MR) is 102 cm³/mol. The summed E-state index contributed by atoms with van der Waals surface area (Å²) < 4.78 is 0. The van der Waals surface area contributed by atoms with Crippen LogP contribution in [0, 0.1) is 0 Å². The second-order valence-electron chi connectivity index (χ2n) is 6.11. The number of carbonyl (C=O) groups is 2. The van der Waals surface area contributed by atoms with Crippen LogP contribution < -0.4 is 0 Å². The lowest BCUT2D eigenvalue weighted by molar-refractivity contribution is 0.0686. The van der Waals surface area contributed by atoms with Gasteiger partial charge in [0.25, 0.3) is 0 Å². The Hall–Kier alpha value is -3.44. The average Bonchev–Trinajstić information content (AvgIpc) is 2.68. The molecule has 0 aromatic heterocycles. The Morgan fingerprint density at radius 3 is 1.67 bits per heavy atom. The summed E-state index contributed by atoms with van der Waals surface area (Å²) in [5.41, 5.74) is 4.85. The summed E-state index contributed by atoms with van der Waals surface area (Å²) in [4.78, 5) is 22.1. The van der Waals surface area contributed by atoms with Crippen LogP contribution in [-0.4, -0.2) is 33.9 Å². The highest BCUT2D eigenvalue weighted by Crippen LogP contribution is 2.28.